The summed E-state index contributed by atoms with van der Waals surface area (Å²) in [6.45, 7) is 13.3. The lowest BCUT2D eigenvalue weighted by atomic mass is 10.2. The lowest BCUT2D eigenvalue weighted by molar-refractivity contribution is -0.136. The number of carbonyl (C=O) groups is 1. The first kappa shape index (κ1) is 20.9. The first-order valence-electron chi connectivity index (χ1n) is 9.02. The summed E-state index contributed by atoms with van der Waals surface area (Å²) in [4.78, 5) is 16.6. The molecule has 1 aliphatic heterocycles. The summed E-state index contributed by atoms with van der Waals surface area (Å²) in [6, 6.07) is 0.285. The van der Waals surface area contributed by atoms with Crippen molar-refractivity contribution in [2.45, 2.75) is 58.5 Å². The largest absolute Gasteiger partial charge is 0.360 e. The SMILES string of the molecule is Cc1noc(C)c1S(=O)(=O)N1CCN(CC(=O)N(C(C)C)C(C)C)CC1. The van der Waals surface area contributed by atoms with E-state index in [-0.39, 0.29) is 22.9 Å². The summed E-state index contributed by atoms with van der Waals surface area (Å²) in [5, 5.41) is 3.74. The van der Waals surface area contributed by atoms with Gasteiger partial charge in [-0.25, -0.2) is 8.42 Å². The molecule has 148 valence electrons. The maximum absolute atomic E-state index is 12.8. The van der Waals surface area contributed by atoms with Crippen LogP contribution in [0, 0.1) is 13.8 Å². The van der Waals surface area contributed by atoms with E-state index in [4.69, 9.17) is 4.52 Å². The standard InChI is InChI=1S/C17H30N4O4S/c1-12(2)21(13(3)4)16(22)11-19-7-9-20(10-8-19)26(23,24)17-14(5)18-25-15(17)6/h12-13H,7-11H2,1-6H3. The summed E-state index contributed by atoms with van der Waals surface area (Å²) in [5.41, 5.74) is 0.379. The normalized spacial score (nSPS) is 17.2. The van der Waals surface area contributed by atoms with Crippen molar-refractivity contribution >= 4 is 15.9 Å². The van der Waals surface area contributed by atoms with E-state index in [0.29, 0.717) is 44.2 Å². The topological polar surface area (TPSA) is 87.0 Å². The molecule has 0 atom stereocenters. The molecule has 1 aliphatic rings. The van der Waals surface area contributed by atoms with E-state index in [0.717, 1.165) is 0 Å². The molecule has 1 saturated heterocycles. The van der Waals surface area contributed by atoms with Crippen LogP contribution in [0.15, 0.2) is 9.42 Å². The molecule has 1 fully saturated rings. The molecule has 2 rings (SSSR count). The molecule has 0 spiro atoms. The van der Waals surface area contributed by atoms with Gasteiger partial charge in [-0.15, -0.1) is 0 Å². The summed E-state index contributed by atoms with van der Waals surface area (Å²) >= 11 is 0. The number of carbonyl (C=O) groups excluding carboxylic acids is 1. The van der Waals surface area contributed by atoms with Crippen LogP contribution in [0.1, 0.15) is 39.1 Å². The van der Waals surface area contributed by atoms with Crippen molar-refractivity contribution in [2.24, 2.45) is 0 Å². The van der Waals surface area contributed by atoms with Crippen LogP contribution in [0.25, 0.3) is 0 Å². The fraction of sp³-hybridized carbons (Fsp3) is 0.765. The minimum atomic E-state index is -3.62. The number of rotatable bonds is 6. The number of sulfonamides is 1. The molecule has 26 heavy (non-hydrogen) atoms. The number of piperazine rings is 1. The molecule has 0 N–H and O–H groups in total. The Hall–Kier alpha value is -1.45. The quantitative estimate of drug-likeness (QED) is 0.731. The zero-order valence-electron chi connectivity index (χ0n) is 16.5. The van der Waals surface area contributed by atoms with E-state index in [1.807, 2.05) is 37.5 Å². The third-order valence-electron chi connectivity index (χ3n) is 4.66. The van der Waals surface area contributed by atoms with Gasteiger partial charge in [0.2, 0.25) is 15.9 Å². The van der Waals surface area contributed by atoms with Crippen LogP contribution in [-0.4, -0.2) is 78.4 Å². The van der Waals surface area contributed by atoms with Gasteiger partial charge < -0.3 is 9.42 Å². The summed E-state index contributed by atoms with van der Waals surface area (Å²) < 4.78 is 32.1. The monoisotopic (exact) mass is 386 g/mol. The molecule has 0 unspecified atom stereocenters. The zero-order chi connectivity index (χ0) is 19.6. The highest BCUT2D eigenvalue weighted by Crippen LogP contribution is 2.24. The van der Waals surface area contributed by atoms with Crippen molar-refractivity contribution in [1.82, 2.24) is 19.3 Å². The molecule has 8 nitrogen and oxygen atoms in total. The van der Waals surface area contributed by atoms with E-state index in [2.05, 4.69) is 5.16 Å². The molecule has 1 amide bonds. The molecule has 0 radical (unpaired) electrons. The second kappa shape index (κ2) is 8.06. The minimum Gasteiger partial charge on any atom is -0.360 e. The van der Waals surface area contributed by atoms with Crippen LogP contribution in [0.2, 0.25) is 0 Å². The number of amides is 1. The van der Waals surface area contributed by atoms with Crippen LogP contribution in [0.4, 0.5) is 0 Å². The Kier molecular flexibility index (Phi) is 6.46. The molecular formula is C17H30N4O4S. The van der Waals surface area contributed by atoms with Gasteiger partial charge in [0, 0.05) is 38.3 Å². The van der Waals surface area contributed by atoms with Gasteiger partial charge in [-0.2, -0.15) is 4.31 Å². The van der Waals surface area contributed by atoms with Crippen molar-refractivity contribution < 1.29 is 17.7 Å². The molecule has 1 aromatic heterocycles. The highest BCUT2D eigenvalue weighted by molar-refractivity contribution is 7.89. The lowest BCUT2D eigenvalue weighted by Crippen LogP contribution is -2.53. The molecule has 0 saturated carbocycles. The molecule has 9 heteroatoms. The van der Waals surface area contributed by atoms with Gasteiger partial charge in [0.25, 0.3) is 0 Å². The third kappa shape index (κ3) is 4.27. The number of aryl methyl sites for hydroxylation is 2. The Balaban J connectivity index is 2.00. The second-order valence-corrected chi connectivity index (χ2v) is 9.20. The predicted octanol–water partition coefficient (Wildman–Crippen LogP) is 1.24. The molecule has 1 aromatic rings. The van der Waals surface area contributed by atoms with E-state index in [1.165, 1.54) is 4.31 Å². The highest BCUT2D eigenvalue weighted by Gasteiger charge is 2.34. The highest BCUT2D eigenvalue weighted by atomic mass is 32.2. The smallest absolute Gasteiger partial charge is 0.248 e. The van der Waals surface area contributed by atoms with Crippen LogP contribution in [0.5, 0.6) is 0 Å². The minimum absolute atomic E-state index is 0.0806. The van der Waals surface area contributed by atoms with Crippen LogP contribution >= 0.6 is 0 Å². The van der Waals surface area contributed by atoms with Gasteiger partial charge in [0.15, 0.2) is 5.76 Å². The van der Waals surface area contributed by atoms with Crippen molar-refractivity contribution in [3.05, 3.63) is 11.5 Å². The van der Waals surface area contributed by atoms with E-state index in [1.54, 1.807) is 13.8 Å². The van der Waals surface area contributed by atoms with Gasteiger partial charge >= 0.3 is 0 Å². The fourth-order valence-electron chi connectivity index (χ4n) is 3.55. The summed E-state index contributed by atoms with van der Waals surface area (Å²) in [6.07, 6.45) is 0. The van der Waals surface area contributed by atoms with E-state index < -0.39 is 10.0 Å². The Morgan fingerprint density at radius 1 is 1.12 bits per heavy atom. The summed E-state index contributed by atoms with van der Waals surface area (Å²) in [5.74, 6) is 0.390. The first-order chi connectivity index (χ1) is 12.1. The van der Waals surface area contributed by atoms with Crippen molar-refractivity contribution in [3.63, 3.8) is 0 Å². The number of aromatic nitrogens is 1. The molecule has 0 aromatic carbocycles. The lowest BCUT2D eigenvalue weighted by Gasteiger charge is -2.36. The number of hydrogen-bond acceptors (Lipinski definition) is 6. The van der Waals surface area contributed by atoms with Crippen LogP contribution in [-0.2, 0) is 14.8 Å². The van der Waals surface area contributed by atoms with Gasteiger partial charge in [-0.1, -0.05) is 5.16 Å². The van der Waals surface area contributed by atoms with Crippen molar-refractivity contribution in [1.29, 1.82) is 0 Å². The van der Waals surface area contributed by atoms with E-state index >= 15 is 0 Å². The van der Waals surface area contributed by atoms with Gasteiger partial charge in [-0.3, -0.25) is 9.69 Å². The maximum atomic E-state index is 12.8. The third-order valence-corrected chi connectivity index (χ3v) is 6.80. The Morgan fingerprint density at radius 2 is 1.65 bits per heavy atom. The fourth-order valence-corrected chi connectivity index (χ4v) is 5.26. The van der Waals surface area contributed by atoms with Crippen LogP contribution < -0.4 is 0 Å². The number of nitrogens with zero attached hydrogens (tertiary/aromatic N) is 4. The molecule has 0 aliphatic carbocycles. The van der Waals surface area contributed by atoms with Gasteiger partial charge in [0.05, 0.1) is 6.54 Å². The summed E-state index contributed by atoms with van der Waals surface area (Å²) in [7, 11) is -3.62. The average molecular weight is 387 g/mol. The van der Waals surface area contributed by atoms with E-state index in [9.17, 15) is 13.2 Å². The first-order valence-corrected chi connectivity index (χ1v) is 10.5. The van der Waals surface area contributed by atoms with Gasteiger partial charge in [0.1, 0.15) is 10.6 Å². The predicted molar refractivity (Wildman–Crippen MR) is 98.3 cm³/mol. The van der Waals surface area contributed by atoms with Gasteiger partial charge in [-0.05, 0) is 41.5 Å². The second-order valence-electron chi connectivity index (χ2n) is 7.32. The Bertz CT molecular complexity index is 706. The Morgan fingerprint density at radius 3 is 2.08 bits per heavy atom. The maximum Gasteiger partial charge on any atom is 0.248 e. The van der Waals surface area contributed by atoms with Crippen LogP contribution in [0.3, 0.4) is 0 Å². The average Bonchev–Trinajstić information content (AvgIpc) is 2.86. The van der Waals surface area contributed by atoms with Crippen molar-refractivity contribution in [2.75, 3.05) is 32.7 Å². The molecule has 0 bridgehead atoms. The Labute approximate surface area is 156 Å². The number of hydrogen-bond donors (Lipinski definition) is 0. The molecular weight excluding hydrogens is 356 g/mol. The molecule has 2 heterocycles. The van der Waals surface area contributed by atoms with Crippen molar-refractivity contribution in [3.8, 4) is 0 Å². The zero-order valence-corrected chi connectivity index (χ0v) is 17.3.